The zero-order valence-corrected chi connectivity index (χ0v) is 11.5. The standard InChI is InChI=1S/C12H15BrO3/c1-7(14)5-9-6-10(15-3)12(16-4)11(13)8(9)2/h6H,5H2,1-4H3. The van der Waals surface area contributed by atoms with E-state index in [2.05, 4.69) is 15.9 Å². The number of ketones is 1. The fourth-order valence-electron chi connectivity index (χ4n) is 1.55. The first-order chi connectivity index (χ1) is 7.51. The van der Waals surface area contributed by atoms with Gasteiger partial charge in [0.1, 0.15) is 5.78 Å². The lowest BCUT2D eigenvalue weighted by atomic mass is 10.0. The number of carbonyl (C=O) groups is 1. The lowest BCUT2D eigenvalue weighted by Gasteiger charge is -2.14. The van der Waals surface area contributed by atoms with Gasteiger partial charge in [0.25, 0.3) is 0 Å². The van der Waals surface area contributed by atoms with Crippen molar-refractivity contribution in [2.45, 2.75) is 20.3 Å². The van der Waals surface area contributed by atoms with Crippen molar-refractivity contribution in [3.63, 3.8) is 0 Å². The maximum atomic E-state index is 11.1. The highest BCUT2D eigenvalue weighted by Gasteiger charge is 2.15. The first-order valence-corrected chi connectivity index (χ1v) is 5.70. The average Bonchev–Trinajstić information content (AvgIpc) is 2.24. The maximum absolute atomic E-state index is 11.1. The van der Waals surface area contributed by atoms with E-state index in [0.717, 1.165) is 15.6 Å². The molecule has 0 fully saturated rings. The molecular formula is C12H15BrO3. The molecule has 0 radical (unpaired) electrons. The van der Waals surface area contributed by atoms with E-state index in [1.807, 2.05) is 13.0 Å². The van der Waals surface area contributed by atoms with Gasteiger partial charge in [-0.3, -0.25) is 4.79 Å². The number of carbonyl (C=O) groups excluding carboxylic acids is 1. The summed E-state index contributed by atoms with van der Waals surface area (Å²) in [6.07, 6.45) is 0.408. The van der Waals surface area contributed by atoms with Gasteiger partial charge in [0.2, 0.25) is 0 Å². The van der Waals surface area contributed by atoms with Crippen molar-refractivity contribution < 1.29 is 14.3 Å². The fourth-order valence-corrected chi connectivity index (χ4v) is 2.16. The molecule has 0 aliphatic carbocycles. The highest BCUT2D eigenvalue weighted by Crippen LogP contribution is 2.39. The summed E-state index contributed by atoms with van der Waals surface area (Å²) < 4.78 is 11.3. The second-order valence-corrected chi connectivity index (χ2v) is 4.38. The van der Waals surface area contributed by atoms with Gasteiger partial charge in [-0.05, 0) is 47.0 Å². The summed E-state index contributed by atoms with van der Waals surface area (Å²) in [5, 5.41) is 0. The van der Waals surface area contributed by atoms with Crippen molar-refractivity contribution in [2.24, 2.45) is 0 Å². The van der Waals surface area contributed by atoms with Gasteiger partial charge in [-0.2, -0.15) is 0 Å². The van der Waals surface area contributed by atoms with Crippen molar-refractivity contribution in [3.05, 3.63) is 21.7 Å². The monoisotopic (exact) mass is 286 g/mol. The molecule has 0 aliphatic rings. The summed E-state index contributed by atoms with van der Waals surface area (Å²) in [5.74, 6) is 1.42. The molecule has 0 spiro atoms. The third-order valence-corrected chi connectivity index (χ3v) is 3.36. The van der Waals surface area contributed by atoms with Gasteiger partial charge in [-0.25, -0.2) is 0 Å². The molecule has 0 aliphatic heterocycles. The molecule has 1 rings (SSSR count). The van der Waals surface area contributed by atoms with Crippen molar-refractivity contribution in [1.82, 2.24) is 0 Å². The topological polar surface area (TPSA) is 35.5 Å². The third-order valence-electron chi connectivity index (χ3n) is 2.40. The second-order valence-electron chi connectivity index (χ2n) is 3.59. The summed E-state index contributed by atoms with van der Waals surface area (Å²) in [6.45, 7) is 3.52. The first-order valence-electron chi connectivity index (χ1n) is 4.90. The molecule has 0 aromatic heterocycles. The molecule has 0 heterocycles. The molecular weight excluding hydrogens is 272 g/mol. The molecule has 16 heavy (non-hydrogen) atoms. The van der Waals surface area contributed by atoms with Crippen LogP contribution in [0.2, 0.25) is 0 Å². The number of halogens is 1. The quantitative estimate of drug-likeness (QED) is 0.854. The molecule has 88 valence electrons. The summed E-state index contributed by atoms with van der Waals surface area (Å²) >= 11 is 3.46. The Kier molecular flexibility index (Phi) is 4.35. The molecule has 4 heteroatoms. The highest BCUT2D eigenvalue weighted by atomic mass is 79.9. The van der Waals surface area contributed by atoms with Crippen molar-refractivity contribution in [3.8, 4) is 11.5 Å². The Hall–Kier alpha value is -1.03. The zero-order chi connectivity index (χ0) is 12.3. The first kappa shape index (κ1) is 13.0. The van der Waals surface area contributed by atoms with Gasteiger partial charge >= 0.3 is 0 Å². The van der Waals surface area contributed by atoms with Crippen LogP contribution in [0.25, 0.3) is 0 Å². The summed E-state index contributed by atoms with van der Waals surface area (Å²) in [6, 6.07) is 1.85. The minimum Gasteiger partial charge on any atom is -0.493 e. The Bertz CT molecular complexity index is 413. The molecule has 0 atom stereocenters. The summed E-state index contributed by atoms with van der Waals surface area (Å²) in [5.41, 5.74) is 1.96. The lowest BCUT2D eigenvalue weighted by Crippen LogP contribution is -2.02. The largest absolute Gasteiger partial charge is 0.493 e. The minimum absolute atomic E-state index is 0.127. The van der Waals surface area contributed by atoms with Crippen LogP contribution in [-0.2, 0) is 11.2 Å². The van der Waals surface area contributed by atoms with Gasteiger partial charge < -0.3 is 9.47 Å². The number of rotatable bonds is 4. The van der Waals surface area contributed by atoms with E-state index in [0.29, 0.717) is 17.9 Å². The SMILES string of the molecule is COc1cc(CC(C)=O)c(C)c(Br)c1OC. The van der Waals surface area contributed by atoms with Gasteiger partial charge in [0, 0.05) is 6.42 Å². The van der Waals surface area contributed by atoms with E-state index in [-0.39, 0.29) is 5.78 Å². The second kappa shape index (κ2) is 5.34. The predicted molar refractivity (Wildman–Crippen MR) is 66.4 cm³/mol. The van der Waals surface area contributed by atoms with Gasteiger partial charge in [0.15, 0.2) is 11.5 Å². The van der Waals surface area contributed by atoms with E-state index in [9.17, 15) is 4.79 Å². The van der Waals surface area contributed by atoms with Crippen LogP contribution in [-0.4, -0.2) is 20.0 Å². The molecule has 0 amide bonds. The molecule has 1 aromatic rings. The van der Waals surface area contributed by atoms with E-state index < -0.39 is 0 Å². The van der Waals surface area contributed by atoms with Crippen molar-refractivity contribution >= 4 is 21.7 Å². The van der Waals surface area contributed by atoms with Gasteiger partial charge in [-0.15, -0.1) is 0 Å². The zero-order valence-electron chi connectivity index (χ0n) is 9.89. The predicted octanol–water partition coefficient (Wildman–Crippen LogP) is 2.91. The Balaban J connectivity index is 3.32. The maximum Gasteiger partial charge on any atom is 0.175 e. The van der Waals surface area contributed by atoms with E-state index >= 15 is 0 Å². The number of benzene rings is 1. The molecule has 0 N–H and O–H groups in total. The molecule has 0 saturated carbocycles. The van der Waals surface area contributed by atoms with E-state index in [1.165, 1.54) is 0 Å². The Morgan fingerprint density at radius 1 is 1.38 bits per heavy atom. The molecule has 0 saturated heterocycles. The molecule has 3 nitrogen and oxygen atoms in total. The molecule has 0 unspecified atom stereocenters. The smallest absolute Gasteiger partial charge is 0.175 e. The van der Waals surface area contributed by atoms with Crippen LogP contribution in [0.15, 0.2) is 10.5 Å². The van der Waals surface area contributed by atoms with Crippen LogP contribution in [0.3, 0.4) is 0 Å². The number of Topliss-reactive ketones (excluding diaryl/α,β-unsaturated/α-hetero) is 1. The summed E-state index contributed by atoms with van der Waals surface area (Å²) in [4.78, 5) is 11.1. The minimum atomic E-state index is 0.127. The fraction of sp³-hybridized carbons (Fsp3) is 0.417. The summed E-state index contributed by atoms with van der Waals surface area (Å²) in [7, 11) is 3.17. The highest BCUT2D eigenvalue weighted by molar-refractivity contribution is 9.10. The van der Waals surface area contributed by atoms with Crippen LogP contribution in [0.1, 0.15) is 18.1 Å². The molecule has 0 bridgehead atoms. The number of methoxy groups -OCH3 is 2. The van der Waals surface area contributed by atoms with Gasteiger partial charge in [0.05, 0.1) is 18.7 Å². The Labute approximate surface area is 104 Å². The normalized spacial score (nSPS) is 10.1. The van der Waals surface area contributed by atoms with Crippen molar-refractivity contribution in [1.29, 1.82) is 0 Å². The Morgan fingerprint density at radius 2 is 2.00 bits per heavy atom. The lowest BCUT2D eigenvalue weighted by molar-refractivity contribution is -0.116. The number of hydrogen-bond acceptors (Lipinski definition) is 3. The van der Waals surface area contributed by atoms with Crippen LogP contribution in [0.5, 0.6) is 11.5 Å². The van der Waals surface area contributed by atoms with Crippen molar-refractivity contribution in [2.75, 3.05) is 14.2 Å². The number of hydrogen-bond donors (Lipinski definition) is 0. The average molecular weight is 287 g/mol. The van der Waals surface area contributed by atoms with Gasteiger partial charge in [-0.1, -0.05) is 0 Å². The van der Waals surface area contributed by atoms with E-state index in [4.69, 9.17) is 9.47 Å². The Morgan fingerprint density at radius 3 is 2.44 bits per heavy atom. The van der Waals surface area contributed by atoms with Crippen LogP contribution in [0, 0.1) is 6.92 Å². The third kappa shape index (κ3) is 2.55. The van der Waals surface area contributed by atoms with E-state index in [1.54, 1.807) is 21.1 Å². The van der Waals surface area contributed by atoms with Crippen LogP contribution < -0.4 is 9.47 Å². The van der Waals surface area contributed by atoms with Crippen LogP contribution >= 0.6 is 15.9 Å². The van der Waals surface area contributed by atoms with Crippen LogP contribution in [0.4, 0.5) is 0 Å². The number of ether oxygens (including phenoxy) is 2. The molecule has 1 aromatic carbocycles.